The maximum atomic E-state index is 12.6. The molecule has 0 bridgehead atoms. The third kappa shape index (κ3) is 4.57. The molecule has 8 nitrogen and oxygen atoms in total. The fourth-order valence-electron chi connectivity index (χ4n) is 2.10. The molecule has 1 aromatic heterocycles. The molecule has 1 aromatic carbocycles. The van der Waals surface area contributed by atoms with Crippen LogP contribution in [0.4, 0.5) is 5.13 Å². The molecule has 0 aliphatic carbocycles. The van der Waals surface area contributed by atoms with E-state index in [4.69, 9.17) is 29.5 Å². The molecule has 0 atom stereocenters. The molecule has 25 heavy (non-hydrogen) atoms. The molecule has 2 rings (SSSR count). The molecule has 136 valence electrons. The number of nitrogens with two attached hydrogens (primary N) is 1. The second-order valence-corrected chi connectivity index (χ2v) is 8.40. The molecule has 0 spiro atoms. The van der Waals surface area contributed by atoms with Crippen molar-refractivity contribution in [1.82, 2.24) is 4.98 Å². The van der Waals surface area contributed by atoms with Crippen LogP contribution in [0.1, 0.15) is 13.8 Å². The summed E-state index contributed by atoms with van der Waals surface area (Å²) in [6.07, 6.45) is -0.274. The van der Waals surface area contributed by atoms with Gasteiger partial charge in [-0.05, 0) is 25.6 Å². The summed E-state index contributed by atoms with van der Waals surface area (Å²) < 4.78 is 34.7. The Kier molecular flexibility index (Phi) is 6.93. The Hall–Kier alpha value is -1.50. The second-order valence-electron chi connectivity index (χ2n) is 4.55. The van der Waals surface area contributed by atoms with Gasteiger partial charge in [0.25, 0.3) is 0 Å². The summed E-state index contributed by atoms with van der Waals surface area (Å²) in [5, 5.41) is 11.3. The van der Waals surface area contributed by atoms with E-state index in [1.807, 2.05) is 5.40 Å². The minimum atomic E-state index is -3.39. The smallest absolute Gasteiger partial charge is 0.367 e. The van der Waals surface area contributed by atoms with Gasteiger partial charge in [0.1, 0.15) is 21.4 Å². The van der Waals surface area contributed by atoms with Gasteiger partial charge in [-0.25, -0.2) is 4.98 Å². The number of thiazole rings is 1. The predicted molar refractivity (Wildman–Crippen MR) is 98.4 cm³/mol. The lowest BCUT2D eigenvalue weighted by Crippen LogP contribution is -2.06. The van der Waals surface area contributed by atoms with E-state index >= 15 is 0 Å². The first-order valence-electron chi connectivity index (χ1n) is 7.31. The number of anilines is 1. The maximum Gasteiger partial charge on any atom is 0.367 e. The largest absolute Gasteiger partial charge is 0.494 e. The average Bonchev–Trinajstić information content (AvgIpc) is 2.95. The van der Waals surface area contributed by atoms with E-state index in [-0.39, 0.29) is 19.6 Å². The van der Waals surface area contributed by atoms with Gasteiger partial charge in [-0.1, -0.05) is 11.3 Å². The molecular formula is C14H18N3O5PS2. The minimum absolute atomic E-state index is 0.234. The van der Waals surface area contributed by atoms with Gasteiger partial charge in [0, 0.05) is 6.07 Å². The fraction of sp³-hybridized carbons (Fsp3) is 0.429. The van der Waals surface area contributed by atoms with Gasteiger partial charge < -0.3 is 24.3 Å². The van der Waals surface area contributed by atoms with Crippen molar-refractivity contribution in [2.24, 2.45) is 0 Å². The average molecular weight is 403 g/mol. The van der Waals surface area contributed by atoms with Crippen molar-refractivity contribution in [2.75, 3.05) is 32.4 Å². The van der Waals surface area contributed by atoms with Crippen LogP contribution in [-0.4, -0.2) is 31.7 Å². The van der Waals surface area contributed by atoms with E-state index in [0.29, 0.717) is 31.7 Å². The zero-order valence-electron chi connectivity index (χ0n) is 14.0. The summed E-state index contributed by atoms with van der Waals surface area (Å²) in [7, 11) is -1.88. The predicted octanol–water partition coefficient (Wildman–Crippen LogP) is 4.06. The lowest BCUT2D eigenvalue weighted by Gasteiger charge is -2.18. The number of nitrogen functional groups attached to an aromatic ring is 1. The molecule has 0 saturated heterocycles. The van der Waals surface area contributed by atoms with Crippen LogP contribution < -0.4 is 15.2 Å². The molecule has 11 heteroatoms. The Morgan fingerprint density at radius 2 is 2.08 bits per heavy atom. The first-order chi connectivity index (χ1) is 12.0. The number of hydrogen-bond donors (Lipinski definition) is 1. The highest BCUT2D eigenvalue weighted by Crippen LogP contribution is 2.50. The Morgan fingerprint density at radius 3 is 2.64 bits per heavy atom. The van der Waals surface area contributed by atoms with Gasteiger partial charge >= 0.3 is 7.60 Å². The highest BCUT2D eigenvalue weighted by Gasteiger charge is 2.26. The number of aromatic nitrogens is 1. The topological polar surface area (TPSA) is 117 Å². The monoisotopic (exact) mass is 403 g/mol. The van der Waals surface area contributed by atoms with Crippen molar-refractivity contribution in [3.05, 3.63) is 6.07 Å². The molecule has 2 aromatic rings. The number of hydrogen-bond acceptors (Lipinski definition) is 10. The van der Waals surface area contributed by atoms with Gasteiger partial charge in [-0.3, -0.25) is 4.57 Å². The highest BCUT2D eigenvalue weighted by atomic mass is 32.2. The number of nitrogens with zero attached hydrogens (tertiary/aromatic N) is 2. The minimum Gasteiger partial charge on any atom is -0.494 e. The number of rotatable bonds is 9. The maximum absolute atomic E-state index is 12.6. The number of fused-ring (bicyclic) bond motifs is 1. The van der Waals surface area contributed by atoms with E-state index in [2.05, 4.69) is 4.98 Å². The second kappa shape index (κ2) is 8.74. The van der Waals surface area contributed by atoms with Crippen LogP contribution in [0.3, 0.4) is 0 Å². The number of thioether (sulfide) groups is 1. The van der Waals surface area contributed by atoms with E-state index in [1.165, 1.54) is 18.4 Å². The van der Waals surface area contributed by atoms with Crippen LogP contribution in [0, 0.1) is 10.7 Å². The van der Waals surface area contributed by atoms with E-state index in [0.717, 1.165) is 11.8 Å². The van der Waals surface area contributed by atoms with Crippen molar-refractivity contribution in [3.8, 4) is 16.9 Å². The van der Waals surface area contributed by atoms with Gasteiger partial charge in [-0.15, -0.1) is 0 Å². The Morgan fingerprint density at radius 1 is 1.40 bits per heavy atom. The lowest BCUT2D eigenvalue weighted by atomic mass is 10.3. The Bertz CT molecular complexity index is 826. The SMILES string of the molecule is CCOP(=O)(COc1cc(SC#N)c(OC)c2sc(N)nc12)OCC. The first-order valence-corrected chi connectivity index (χ1v) is 10.7. The summed E-state index contributed by atoms with van der Waals surface area (Å²) in [5.41, 5.74) is 6.28. The van der Waals surface area contributed by atoms with Crippen molar-refractivity contribution < 1.29 is 23.1 Å². The van der Waals surface area contributed by atoms with E-state index < -0.39 is 7.60 Å². The first kappa shape index (κ1) is 19.8. The van der Waals surface area contributed by atoms with Crippen molar-refractivity contribution in [2.45, 2.75) is 18.7 Å². The number of nitriles is 1. The normalized spacial score (nSPS) is 11.4. The van der Waals surface area contributed by atoms with Gasteiger partial charge in [-0.2, -0.15) is 5.26 Å². The highest BCUT2D eigenvalue weighted by molar-refractivity contribution is 8.03. The molecule has 0 aliphatic rings. The van der Waals surface area contributed by atoms with Crippen molar-refractivity contribution >= 4 is 46.0 Å². The van der Waals surface area contributed by atoms with Crippen LogP contribution in [-0.2, 0) is 13.6 Å². The molecular weight excluding hydrogens is 385 g/mol. The molecule has 0 unspecified atom stereocenters. The molecule has 0 amide bonds. The number of methoxy groups -OCH3 is 1. The standard InChI is InChI=1S/C14H18N3O5PS2/c1-4-21-23(18,22-5-2)8-20-9-6-10(24-7-15)12(19-3)13-11(9)17-14(16)25-13/h6H,4-5,8H2,1-3H3,(H2,16,17). The quantitative estimate of drug-likeness (QED) is 0.376. The summed E-state index contributed by atoms with van der Waals surface area (Å²) in [6.45, 7) is 3.91. The Balaban J connectivity index is 2.43. The Labute approximate surface area is 153 Å². The van der Waals surface area contributed by atoms with Crippen LogP contribution in [0.2, 0.25) is 0 Å². The van der Waals surface area contributed by atoms with Crippen LogP contribution in [0.5, 0.6) is 11.5 Å². The van der Waals surface area contributed by atoms with Gasteiger partial charge in [0.15, 0.2) is 17.2 Å². The molecule has 0 radical (unpaired) electrons. The zero-order valence-corrected chi connectivity index (χ0v) is 16.5. The van der Waals surface area contributed by atoms with Crippen molar-refractivity contribution in [1.29, 1.82) is 5.26 Å². The van der Waals surface area contributed by atoms with Crippen LogP contribution in [0.15, 0.2) is 11.0 Å². The number of thiocyanates is 1. The van der Waals surface area contributed by atoms with Crippen LogP contribution in [0.25, 0.3) is 10.2 Å². The van der Waals surface area contributed by atoms with E-state index in [1.54, 1.807) is 19.9 Å². The van der Waals surface area contributed by atoms with Gasteiger partial charge in [0.05, 0.1) is 25.2 Å². The summed E-state index contributed by atoms with van der Waals surface area (Å²) in [5.74, 6) is 0.835. The third-order valence-corrected chi connectivity index (χ3v) is 6.21. The molecule has 2 N–H and O–H groups in total. The summed E-state index contributed by atoms with van der Waals surface area (Å²) in [4.78, 5) is 4.80. The zero-order chi connectivity index (χ0) is 18.4. The van der Waals surface area contributed by atoms with E-state index in [9.17, 15) is 4.57 Å². The fourth-order valence-corrected chi connectivity index (χ4v) is 4.89. The molecule has 1 heterocycles. The molecule has 0 fully saturated rings. The number of benzene rings is 1. The summed E-state index contributed by atoms with van der Waals surface area (Å²) >= 11 is 2.14. The molecule has 0 aliphatic heterocycles. The van der Waals surface area contributed by atoms with Crippen molar-refractivity contribution in [3.63, 3.8) is 0 Å². The summed E-state index contributed by atoms with van der Waals surface area (Å²) in [6, 6.07) is 1.61. The third-order valence-electron chi connectivity index (χ3n) is 2.96. The lowest BCUT2D eigenvalue weighted by molar-refractivity contribution is 0.197. The van der Waals surface area contributed by atoms with Gasteiger partial charge in [0.2, 0.25) is 0 Å². The molecule has 0 saturated carbocycles. The number of ether oxygens (including phenoxy) is 2. The van der Waals surface area contributed by atoms with Crippen LogP contribution >= 0.6 is 30.7 Å².